The number of ether oxygens (including phenoxy) is 2. The molecule has 0 spiro atoms. The van der Waals surface area contributed by atoms with E-state index in [9.17, 15) is 0 Å². The molecule has 0 amide bonds. The number of allylic oxidation sites excluding steroid dienone is 1. The summed E-state index contributed by atoms with van der Waals surface area (Å²) in [6.45, 7) is 10.1. The van der Waals surface area contributed by atoms with Gasteiger partial charge in [-0.1, -0.05) is 40.0 Å². The lowest BCUT2D eigenvalue weighted by Gasteiger charge is -2.37. The molecule has 4 heteroatoms. The Morgan fingerprint density at radius 1 is 1.58 bits per heavy atom. The van der Waals surface area contributed by atoms with Gasteiger partial charge < -0.3 is 9.47 Å². The highest BCUT2D eigenvalue weighted by Gasteiger charge is 2.29. The van der Waals surface area contributed by atoms with Gasteiger partial charge in [0.25, 0.3) is 0 Å². The highest BCUT2D eigenvalue weighted by Crippen LogP contribution is 2.34. The van der Waals surface area contributed by atoms with Crippen LogP contribution in [0.2, 0.25) is 0 Å². The van der Waals surface area contributed by atoms with E-state index in [1.54, 1.807) is 5.01 Å². The third-order valence-corrected chi connectivity index (χ3v) is 3.13. The normalized spacial score (nSPS) is 22.7. The molecule has 0 radical (unpaired) electrons. The summed E-state index contributed by atoms with van der Waals surface area (Å²) in [5.41, 5.74) is 1.31. The summed E-state index contributed by atoms with van der Waals surface area (Å²) in [6, 6.07) is 0. The molecule has 0 aromatic carbocycles. The summed E-state index contributed by atoms with van der Waals surface area (Å²) >= 11 is 0. The standard InChI is InChI=1S/C15H26N2O2/c1-6-8-13(15(3,4)5)14-17(16)10-12(11-19-14)18-9-7-2/h2,12H,6,8-11,16H2,1,3-5H3/b14-13-. The lowest BCUT2D eigenvalue weighted by atomic mass is 9.84. The maximum absolute atomic E-state index is 6.09. The molecular weight excluding hydrogens is 240 g/mol. The van der Waals surface area contributed by atoms with Gasteiger partial charge in [-0.3, -0.25) is 5.01 Å². The number of nitrogens with zero attached hydrogens (tertiary/aromatic N) is 1. The molecule has 0 saturated carbocycles. The number of hydrogen-bond donors (Lipinski definition) is 1. The lowest BCUT2D eigenvalue weighted by Crippen LogP contribution is -2.47. The molecule has 0 aliphatic carbocycles. The van der Waals surface area contributed by atoms with Gasteiger partial charge >= 0.3 is 0 Å². The molecule has 1 fully saturated rings. The molecule has 19 heavy (non-hydrogen) atoms. The van der Waals surface area contributed by atoms with Crippen LogP contribution in [-0.2, 0) is 9.47 Å². The zero-order valence-electron chi connectivity index (χ0n) is 12.5. The zero-order valence-corrected chi connectivity index (χ0v) is 12.5. The average Bonchev–Trinajstić information content (AvgIpc) is 2.33. The first-order valence-electron chi connectivity index (χ1n) is 6.83. The van der Waals surface area contributed by atoms with Crippen molar-refractivity contribution in [1.29, 1.82) is 0 Å². The van der Waals surface area contributed by atoms with Crippen LogP contribution in [0.5, 0.6) is 0 Å². The van der Waals surface area contributed by atoms with E-state index < -0.39 is 0 Å². The van der Waals surface area contributed by atoms with Crippen molar-refractivity contribution < 1.29 is 9.47 Å². The SMILES string of the molecule is C#CCOC1CO/C(=C(/CCC)C(C)(C)C)N(N)C1. The molecular formula is C15H26N2O2. The van der Waals surface area contributed by atoms with Gasteiger partial charge in [-0.25, -0.2) is 5.84 Å². The zero-order chi connectivity index (χ0) is 14.5. The summed E-state index contributed by atoms with van der Waals surface area (Å²) in [4.78, 5) is 0. The highest BCUT2D eigenvalue weighted by atomic mass is 16.5. The quantitative estimate of drug-likeness (QED) is 0.626. The maximum atomic E-state index is 6.09. The largest absolute Gasteiger partial charge is 0.475 e. The van der Waals surface area contributed by atoms with Gasteiger partial charge in [-0.15, -0.1) is 6.42 Å². The van der Waals surface area contributed by atoms with Crippen molar-refractivity contribution in [3.63, 3.8) is 0 Å². The van der Waals surface area contributed by atoms with Crippen molar-refractivity contribution in [1.82, 2.24) is 5.01 Å². The van der Waals surface area contributed by atoms with Gasteiger partial charge in [-0.05, 0) is 17.4 Å². The fraction of sp³-hybridized carbons (Fsp3) is 0.733. The van der Waals surface area contributed by atoms with E-state index in [-0.39, 0.29) is 11.5 Å². The Morgan fingerprint density at radius 2 is 2.26 bits per heavy atom. The maximum Gasteiger partial charge on any atom is 0.203 e. The Balaban J connectivity index is 2.81. The summed E-state index contributed by atoms with van der Waals surface area (Å²) in [7, 11) is 0. The third kappa shape index (κ3) is 4.45. The van der Waals surface area contributed by atoms with Crippen molar-refractivity contribution in [2.75, 3.05) is 19.8 Å². The molecule has 0 bridgehead atoms. The molecule has 1 heterocycles. The van der Waals surface area contributed by atoms with Crippen molar-refractivity contribution >= 4 is 0 Å². The van der Waals surface area contributed by atoms with E-state index in [4.69, 9.17) is 21.7 Å². The van der Waals surface area contributed by atoms with Crippen LogP contribution in [0, 0.1) is 17.8 Å². The van der Waals surface area contributed by atoms with Crippen LogP contribution in [0.1, 0.15) is 40.5 Å². The third-order valence-electron chi connectivity index (χ3n) is 3.13. The minimum atomic E-state index is -0.0624. The molecule has 1 aliphatic rings. The monoisotopic (exact) mass is 266 g/mol. The van der Waals surface area contributed by atoms with Gasteiger partial charge in [-0.2, -0.15) is 0 Å². The Kier molecular flexibility index (Phi) is 5.71. The molecule has 1 atom stereocenters. The molecule has 2 N–H and O–H groups in total. The molecule has 1 saturated heterocycles. The molecule has 1 rings (SSSR count). The van der Waals surface area contributed by atoms with Gasteiger partial charge in [0.05, 0.1) is 6.54 Å². The fourth-order valence-corrected chi connectivity index (χ4v) is 2.19. The molecule has 1 aliphatic heterocycles. The smallest absolute Gasteiger partial charge is 0.203 e. The molecule has 0 aromatic heterocycles. The average molecular weight is 266 g/mol. The number of hydrazine groups is 1. The Hall–Kier alpha value is -1.18. The number of hydrogen-bond acceptors (Lipinski definition) is 4. The fourth-order valence-electron chi connectivity index (χ4n) is 2.19. The first-order valence-corrected chi connectivity index (χ1v) is 6.83. The van der Waals surface area contributed by atoms with Crippen molar-refractivity contribution in [2.45, 2.75) is 46.6 Å². The van der Waals surface area contributed by atoms with Crippen LogP contribution in [0.3, 0.4) is 0 Å². The van der Waals surface area contributed by atoms with Crippen molar-refractivity contribution in [3.05, 3.63) is 11.5 Å². The predicted molar refractivity (Wildman–Crippen MR) is 76.8 cm³/mol. The highest BCUT2D eigenvalue weighted by molar-refractivity contribution is 5.16. The number of nitrogens with two attached hydrogens (primary N) is 1. The van der Waals surface area contributed by atoms with Gasteiger partial charge in [0.2, 0.25) is 5.88 Å². The Labute approximate surface area is 116 Å². The topological polar surface area (TPSA) is 47.7 Å². The molecule has 108 valence electrons. The number of terminal acetylenes is 1. The van der Waals surface area contributed by atoms with Crippen LogP contribution in [0.15, 0.2) is 11.5 Å². The summed E-state index contributed by atoms with van der Waals surface area (Å²) < 4.78 is 11.3. The lowest BCUT2D eigenvalue weighted by molar-refractivity contribution is -0.0614. The van der Waals surface area contributed by atoms with Crippen LogP contribution in [0.4, 0.5) is 0 Å². The molecule has 4 nitrogen and oxygen atoms in total. The molecule has 0 aromatic rings. The van der Waals surface area contributed by atoms with E-state index in [1.807, 2.05) is 0 Å². The van der Waals surface area contributed by atoms with Gasteiger partial charge in [0, 0.05) is 0 Å². The second-order valence-corrected chi connectivity index (χ2v) is 5.88. The van der Waals surface area contributed by atoms with Crippen molar-refractivity contribution in [2.24, 2.45) is 11.3 Å². The first kappa shape index (κ1) is 15.9. The van der Waals surface area contributed by atoms with E-state index in [1.165, 1.54) is 5.57 Å². The van der Waals surface area contributed by atoms with Gasteiger partial charge in [0.1, 0.15) is 19.3 Å². The van der Waals surface area contributed by atoms with Crippen LogP contribution < -0.4 is 5.84 Å². The minimum absolute atomic E-state index is 0.0511. The van der Waals surface area contributed by atoms with E-state index >= 15 is 0 Å². The van der Waals surface area contributed by atoms with Crippen LogP contribution >= 0.6 is 0 Å². The Bertz CT molecular complexity index is 363. The second kappa shape index (κ2) is 6.83. The Morgan fingerprint density at radius 3 is 2.74 bits per heavy atom. The predicted octanol–water partition coefficient (Wildman–Crippen LogP) is 2.27. The van der Waals surface area contributed by atoms with Crippen molar-refractivity contribution in [3.8, 4) is 12.3 Å². The van der Waals surface area contributed by atoms with E-state index in [0.29, 0.717) is 19.8 Å². The van der Waals surface area contributed by atoms with E-state index in [0.717, 1.165) is 18.7 Å². The van der Waals surface area contributed by atoms with Gasteiger partial charge in [0.15, 0.2) is 0 Å². The van der Waals surface area contributed by atoms with Crippen LogP contribution in [0.25, 0.3) is 0 Å². The summed E-state index contributed by atoms with van der Waals surface area (Å²) in [5.74, 6) is 9.35. The molecule has 1 unspecified atom stereocenters. The minimum Gasteiger partial charge on any atom is -0.475 e. The summed E-state index contributed by atoms with van der Waals surface area (Å²) in [6.07, 6.45) is 7.18. The second-order valence-electron chi connectivity index (χ2n) is 5.88. The first-order chi connectivity index (χ1) is 8.90. The van der Waals surface area contributed by atoms with Crippen LogP contribution in [-0.4, -0.2) is 30.9 Å². The van der Waals surface area contributed by atoms with E-state index in [2.05, 4.69) is 33.6 Å². The summed E-state index contributed by atoms with van der Waals surface area (Å²) in [5, 5.41) is 1.65. The number of rotatable bonds is 4.